The average Bonchev–Trinajstić information content (AvgIpc) is 4.15. The number of carbonyl (C=O) groups is 5. The van der Waals surface area contributed by atoms with Gasteiger partial charge in [-0.05, 0) is 113 Å². The number of aryl methyl sites for hydroxylation is 1. The average molecular weight is 925 g/mol. The molecule has 20 heteroatoms. The van der Waals surface area contributed by atoms with Crippen LogP contribution in [0, 0.1) is 18.7 Å². The number of piperidine rings is 3. The maximum absolute atomic E-state index is 15.6. The van der Waals surface area contributed by atoms with Gasteiger partial charge in [0, 0.05) is 56.5 Å². The lowest BCUT2D eigenvalue weighted by molar-refractivity contribution is -0.136. The van der Waals surface area contributed by atoms with E-state index in [2.05, 4.69) is 53.0 Å². The molecule has 6 aromatic rings. The van der Waals surface area contributed by atoms with Crippen molar-refractivity contribution in [2.45, 2.75) is 96.8 Å². The van der Waals surface area contributed by atoms with E-state index >= 15 is 4.39 Å². The molecule has 0 spiro atoms. The number of carbonyl (C=O) groups excluding carboxylic acids is 5. The Labute approximate surface area is 391 Å². The monoisotopic (exact) mass is 924 g/mol. The number of aromatic nitrogens is 9. The Hall–Kier alpha value is -7.22. The highest BCUT2D eigenvalue weighted by Gasteiger charge is 2.45. The highest BCUT2D eigenvalue weighted by Crippen LogP contribution is 2.36. The van der Waals surface area contributed by atoms with Crippen molar-refractivity contribution in [3.8, 4) is 22.5 Å². The van der Waals surface area contributed by atoms with E-state index in [1.807, 2.05) is 74.6 Å². The maximum Gasteiger partial charge on any atom is 0.293 e. The number of halogens is 1. The van der Waals surface area contributed by atoms with E-state index in [4.69, 9.17) is 10.1 Å². The van der Waals surface area contributed by atoms with Gasteiger partial charge < -0.3 is 15.1 Å². The van der Waals surface area contributed by atoms with Gasteiger partial charge in [0.2, 0.25) is 11.8 Å². The molecule has 2 N–H and O–H groups in total. The molecule has 0 bridgehead atoms. The highest BCUT2D eigenvalue weighted by molar-refractivity contribution is 6.23. The van der Waals surface area contributed by atoms with Crippen LogP contribution < -0.4 is 15.5 Å². The number of amides is 5. The third-order valence-corrected chi connectivity index (χ3v) is 13.8. The van der Waals surface area contributed by atoms with Gasteiger partial charge in [-0.1, -0.05) is 12.1 Å². The Morgan fingerprint density at radius 3 is 2.37 bits per heavy atom. The molecule has 0 radical (unpaired) electrons. The Balaban J connectivity index is 0.743. The van der Waals surface area contributed by atoms with E-state index in [1.54, 1.807) is 6.20 Å². The van der Waals surface area contributed by atoms with E-state index in [0.717, 1.165) is 95.4 Å². The first kappa shape index (κ1) is 44.6. The van der Waals surface area contributed by atoms with E-state index in [0.29, 0.717) is 19.0 Å². The normalized spacial score (nSPS) is 19.2. The molecule has 2 aromatic carbocycles. The SMILES string of the molecule is Cc1cc(-c2nc(-c3cnn(C4CCN(CC5CCN(c6cc7c(cc6F)C(=O)N(C6CCC(=O)NC6=O)C7=O)CC5)CC4)c3)cn3nccc23)ccc1[C@@H](C)NC(=O)c1nnn(C(C)(C)C)n1. The maximum atomic E-state index is 15.6. The van der Waals surface area contributed by atoms with E-state index in [1.165, 1.54) is 10.9 Å². The van der Waals surface area contributed by atoms with Gasteiger partial charge in [-0.25, -0.2) is 13.9 Å². The van der Waals surface area contributed by atoms with Crippen molar-refractivity contribution in [3.63, 3.8) is 0 Å². The fourth-order valence-electron chi connectivity index (χ4n) is 10.00. The number of nitrogens with one attached hydrogen (secondary N) is 2. The molecule has 2 atom stereocenters. The van der Waals surface area contributed by atoms with Crippen LogP contribution in [-0.4, -0.2) is 123 Å². The Bertz CT molecular complexity index is 2990. The molecule has 68 heavy (non-hydrogen) atoms. The molecule has 352 valence electrons. The third kappa shape index (κ3) is 8.41. The standard InChI is InChI=1S/C48H53FN14O5/c1-27-20-30(6-7-33(27)28(2)52-45(66)43-55-57-63(56-43)48(3,4)5)42-38-10-15-50-61(38)26-37(53-42)31-23-51-60(25-31)32-13-16-58(17-14-32)24-29-11-18-59(19-12-29)40-22-35-34(21-36(40)49)46(67)62(47(35)68)39-8-9-41(64)54-44(39)65/h6-7,10,15,20-23,25-26,28-29,32,39H,8-9,11-14,16-19,24H2,1-5H3,(H,52,66)(H,54,64,65)/t28-,39?/m1/s1. The van der Waals surface area contributed by atoms with Gasteiger partial charge in [-0.2, -0.15) is 15.0 Å². The molecule has 0 aliphatic carbocycles. The number of imide groups is 2. The van der Waals surface area contributed by atoms with E-state index in [-0.39, 0.29) is 47.6 Å². The molecule has 4 aromatic heterocycles. The van der Waals surface area contributed by atoms with Gasteiger partial charge in [0.05, 0.1) is 69.9 Å². The smallest absolute Gasteiger partial charge is 0.293 e. The second-order valence-corrected chi connectivity index (χ2v) is 19.4. The summed E-state index contributed by atoms with van der Waals surface area (Å²) < 4.78 is 19.5. The number of anilines is 1. The van der Waals surface area contributed by atoms with Crippen molar-refractivity contribution in [2.75, 3.05) is 37.6 Å². The minimum absolute atomic E-state index is 0.0157. The predicted molar refractivity (Wildman–Crippen MR) is 246 cm³/mol. The first-order chi connectivity index (χ1) is 32.6. The fraction of sp³-hybridized carbons (Fsp3) is 0.438. The summed E-state index contributed by atoms with van der Waals surface area (Å²) in [6.07, 6.45) is 11.3. The molecule has 5 amide bonds. The summed E-state index contributed by atoms with van der Waals surface area (Å²) in [7, 11) is 0. The summed E-state index contributed by atoms with van der Waals surface area (Å²) in [5.41, 5.74) is 6.05. The largest absolute Gasteiger partial charge is 0.369 e. The lowest BCUT2D eigenvalue weighted by Gasteiger charge is -2.38. The fourth-order valence-corrected chi connectivity index (χ4v) is 10.00. The number of tetrazole rings is 1. The summed E-state index contributed by atoms with van der Waals surface area (Å²) in [5, 5.41) is 26.8. The molecule has 3 fully saturated rings. The van der Waals surface area contributed by atoms with Crippen LogP contribution in [0.5, 0.6) is 0 Å². The van der Waals surface area contributed by atoms with Crippen LogP contribution in [0.25, 0.3) is 28.0 Å². The molecular formula is C48H53FN14O5. The summed E-state index contributed by atoms with van der Waals surface area (Å²) in [5.74, 6) is -3.04. The van der Waals surface area contributed by atoms with Crippen LogP contribution in [-0.2, 0) is 15.1 Å². The zero-order chi connectivity index (χ0) is 47.6. The number of likely N-dealkylation sites (tertiary alicyclic amines) is 1. The second kappa shape index (κ2) is 17.5. The van der Waals surface area contributed by atoms with Crippen LogP contribution >= 0.6 is 0 Å². The van der Waals surface area contributed by atoms with Gasteiger partial charge in [0.25, 0.3) is 23.5 Å². The van der Waals surface area contributed by atoms with Crippen molar-refractivity contribution in [1.82, 2.24) is 65.0 Å². The number of rotatable bonds is 10. The van der Waals surface area contributed by atoms with Crippen molar-refractivity contribution in [1.29, 1.82) is 0 Å². The Kier molecular flexibility index (Phi) is 11.5. The molecule has 4 aliphatic heterocycles. The van der Waals surface area contributed by atoms with Crippen LogP contribution in [0.1, 0.15) is 121 Å². The Morgan fingerprint density at radius 1 is 0.912 bits per heavy atom. The molecule has 4 aliphatic rings. The molecule has 3 saturated heterocycles. The first-order valence-electron chi connectivity index (χ1n) is 23.2. The zero-order valence-electron chi connectivity index (χ0n) is 38.6. The van der Waals surface area contributed by atoms with Gasteiger partial charge in [-0.15, -0.1) is 10.2 Å². The quantitative estimate of drug-likeness (QED) is 0.176. The van der Waals surface area contributed by atoms with Crippen LogP contribution in [0.3, 0.4) is 0 Å². The summed E-state index contributed by atoms with van der Waals surface area (Å²) in [6, 6.07) is 9.42. The van der Waals surface area contributed by atoms with Gasteiger partial charge >= 0.3 is 0 Å². The Morgan fingerprint density at radius 2 is 1.66 bits per heavy atom. The zero-order valence-corrected chi connectivity index (χ0v) is 38.6. The highest BCUT2D eigenvalue weighted by atomic mass is 19.1. The molecule has 0 saturated carbocycles. The van der Waals surface area contributed by atoms with E-state index in [9.17, 15) is 24.0 Å². The summed E-state index contributed by atoms with van der Waals surface area (Å²) in [4.78, 5) is 75.7. The number of fused-ring (bicyclic) bond motifs is 2. The predicted octanol–water partition coefficient (Wildman–Crippen LogP) is 4.89. The van der Waals surface area contributed by atoms with Gasteiger partial charge in [-0.3, -0.25) is 38.9 Å². The molecule has 19 nitrogen and oxygen atoms in total. The van der Waals surface area contributed by atoms with E-state index < -0.39 is 46.9 Å². The molecule has 1 unspecified atom stereocenters. The van der Waals surface area contributed by atoms with Crippen molar-refractivity contribution >= 4 is 40.7 Å². The van der Waals surface area contributed by atoms with Crippen LogP contribution in [0.2, 0.25) is 0 Å². The number of benzene rings is 2. The number of hydrogen-bond donors (Lipinski definition) is 2. The molecule has 8 heterocycles. The summed E-state index contributed by atoms with van der Waals surface area (Å²) in [6.45, 7) is 13.8. The second-order valence-electron chi connectivity index (χ2n) is 19.4. The topological polar surface area (TPSA) is 211 Å². The molecule has 10 rings (SSSR count). The van der Waals surface area contributed by atoms with Gasteiger partial charge in [0.15, 0.2) is 0 Å². The number of hydrogen-bond acceptors (Lipinski definition) is 13. The van der Waals surface area contributed by atoms with Crippen molar-refractivity contribution < 1.29 is 28.4 Å². The summed E-state index contributed by atoms with van der Waals surface area (Å²) >= 11 is 0. The van der Waals surface area contributed by atoms with Crippen molar-refractivity contribution in [3.05, 3.63) is 95.1 Å². The van der Waals surface area contributed by atoms with Crippen LogP contribution in [0.15, 0.2) is 61.2 Å². The van der Waals surface area contributed by atoms with Crippen LogP contribution in [0.4, 0.5) is 10.1 Å². The lowest BCUT2D eigenvalue weighted by atomic mass is 9.94. The first-order valence-corrected chi connectivity index (χ1v) is 23.2. The minimum atomic E-state index is -1.10. The minimum Gasteiger partial charge on any atom is -0.369 e. The third-order valence-electron chi connectivity index (χ3n) is 13.8. The lowest BCUT2D eigenvalue weighted by Crippen LogP contribution is -2.54. The number of nitrogens with zero attached hydrogens (tertiary/aromatic N) is 12. The van der Waals surface area contributed by atoms with Crippen molar-refractivity contribution in [2.24, 2.45) is 5.92 Å². The van der Waals surface area contributed by atoms with Gasteiger partial charge in [0.1, 0.15) is 11.9 Å². The molecular weight excluding hydrogens is 872 g/mol.